The van der Waals surface area contributed by atoms with E-state index in [1.54, 1.807) is 6.92 Å². The van der Waals surface area contributed by atoms with Crippen molar-refractivity contribution in [1.29, 1.82) is 0 Å². The average Bonchev–Trinajstić information content (AvgIpc) is 2.52. The molecule has 5 heteroatoms. The van der Waals surface area contributed by atoms with E-state index in [1.807, 2.05) is 0 Å². The fourth-order valence-electron chi connectivity index (χ4n) is 1.30. The van der Waals surface area contributed by atoms with Crippen LogP contribution in [0, 0.1) is 11.6 Å². The van der Waals surface area contributed by atoms with Crippen LogP contribution in [0.2, 0.25) is 0 Å². The Morgan fingerprint density at radius 1 is 1.33 bits per heavy atom. The standard InChI is InChI=1S/C10H8F2N2O/c1-5-10(15)14-9(13-5)6-2-3-7(11)8(12)4-6/h2-5H,1H3,(H,13,14,15). The van der Waals surface area contributed by atoms with Crippen LogP contribution in [0.3, 0.4) is 0 Å². The number of rotatable bonds is 1. The number of aliphatic imine (C=N–C) groups is 1. The molecule has 78 valence electrons. The average molecular weight is 210 g/mol. The van der Waals surface area contributed by atoms with Gasteiger partial charge in [0.1, 0.15) is 11.9 Å². The highest BCUT2D eigenvalue weighted by atomic mass is 19.2. The maximum atomic E-state index is 12.9. The first-order chi connectivity index (χ1) is 7.08. The molecule has 0 aromatic heterocycles. The second-order valence-corrected chi connectivity index (χ2v) is 3.27. The molecule has 3 nitrogen and oxygen atoms in total. The van der Waals surface area contributed by atoms with Gasteiger partial charge in [-0.05, 0) is 25.1 Å². The summed E-state index contributed by atoms with van der Waals surface area (Å²) in [6, 6.07) is 2.90. The van der Waals surface area contributed by atoms with Crippen molar-refractivity contribution in [2.75, 3.05) is 0 Å². The molecule has 1 heterocycles. The predicted molar refractivity (Wildman–Crippen MR) is 50.5 cm³/mol. The molecule has 1 atom stereocenters. The first-order valence-corrected chi connectivity index (χ1v) is 4.42. The first kappa shape index (κ1) is 9.76. The van der Waals surface area contributed by atoms with E-state index in [0.29, 0.717) is 5.56 Å². The normalized spacial score (nSPS) is 20.1. The van der Waals surface area contributed by atoms with Crippen LogP contribution in [0.5, 0.6) is 0 Å². The van der Waals surface area contributed by atoms with E-state index in [-0.39, 0.29) is 11.7 Å². The maximum Gasteiger partial charge on any atom is 0.250 e. The van der Waals surface area contributed by atoms with Crippen molar-refractivity contribution >= 4 is 11.7 Å². The first-order valence-electron chi connectivity index (χ1n) is 4.42. The third-order valence-electron chi connectivity index (χ3n) is 2.14. The van der Waals surface area contributed by atoms with Gasteiger partial charge in [-0.25, -0.2) is 8.78 Å². The summed E-state index contributed by atoms with van der Waals surface area (Å²) in [5.41, 5.74) is 0.367. The Labute approximate surface area is 84.8 Å². The highest BCUT2D eigenvalue weighted by molar-refractivity contribution is 6.13. The second-order valence-electron chi connectivity index (χ2n) is 3.27. The molecule has 1 aliphatic rings. The molecule has 1 aliphatic heterocycles. The van der Waals surface area contributed by atoms with E-state index in [9.17, 15) is 13.6 Å². The summed E-state index contributed by atoms with van der Waals surface area (Å²) in [4.78, 5) is 15.1. The van der Waals surface area contributed by atoms with Gasteiger partial charge in [0.2, 0.25) is 5.91 Å². The highest BCUT2D eigenvalue weighted by Gasteiger charge is 2.23. The lowest BCUT2D eigenvalue weighted by atomic mass is 10.2. The van der Waals surface area contributed by atoms with Crippen molar-refractivity contribution in [3.05, 3.63) is 35.4 Å². The van der Waals surface area contributed by atoms with Gasteiger partial charge >= 0.3 is 0 Å². The fraction of sp³-hybridized carbons (Fsp3) is 0.200. The van der Waals surface area contributed by atoms with Crippen molar-refractivity contribution in [1.82, 2.24) is 5.32 Å². The molecule has 15 heavy (non-hydrogen) atoms. The second kappa shape index (κ2) is 3.42. The topological polar surface area (TPSA) is 41.5 Å². The van der Waals surface area contributed by atoms with E-state index in [2.05, 4.69) is 10.3 Å². The predicted octanol–water partition coefficient (Wildman–Crippen LogP) is 1.23. The van der Waals surface area contributed by atoms with Gasteiger partial charge in [0.15, 0.2) is 11.6 Å². The van der Waals surface area contributed by atoms with Crippen molar-refractivity contribution < 1.29 is 13.6 Å². The summed E-state index contributed by atoms with van der Waals surface area (Å²) in [6.45, 7) is 1.63. The van der Waals surface area contributed by atoms with Gasteiger partial charge in [0.25, 0.3) is 0 Å². The number of carbonyl (C=O) groups is 1. The molecule has 0 saturated heterocycles. The van der Waals surface area contributed by atoms with Crippen molar-refractivity contribution in [2.24, 2.45) is 4.99 Å². The Balaban J connectivity index is 2.35. The Bertz CT molecular complexity index is 457. The molecular weight excluding hydrogens is 202 g/mol. The summed E-state index contributed by atoms with van der Waals surface area (Å²) >= 11 is 0. The van der Waals surface area contributed by atoms with Crippen LogP contribution in [0.4, 0.5) is 8.78 Å². The van der Waals surface area contributed by atoms with Crippen molar-refractivity contribution in [3.63, 3.8) is 0 Å². The van der Waals surface area contributed by atoms with Gasteiger partial charge in [-0.2, -0.15) is 0 Å². The zero-order valence-corrected chi connectivity index (χ0v) is 7.92. The number of carbonyl (C=O) groups excluding carboxylic acids is 1. The third-order valence-corrected chi connectivity index (χ3v) is 2.14. The SMILES string of the molecule is CC1N=C(c2ccc(F)c(F)c2)NC1=O. The molecular formula is C10H8F2N2O. The number of amides is 1. The highest BCUT2D eigenvalue weighted by Crippen LogP contribution is 2.12. The molecule has 0 aliphatic carbocycles. The molecule has 0 spiro atoms. The van der Waals surface area contributed by atoms with Gasteiger partial charge in [-0.3, -0.25) is 9.79 Å². The van der Waals surface area contributed by atoms with E-state index in [1.165, 1.54) is 6.07 Å². The number of halogens is 2. The number of hydrogen-bond donors (Lipinski definition) is 1. The Morgan fingerprint density at radius 2 is 2.07 bits per heavy atom. The molecule has 0 radical (unpaired) electrons. The van der Waals surface area contributed by atoms with E-state index >= 15 is 0 Å². The third kappa shape index (κ3) is 1.72. The number of hydrogen-bond acceptors (Lipinski definition) is 2. The van der Waals surface area contributed by atoms with Gasteiger partial charge < -0.3 is 5.32 Å². The van der Waals surface area contributed by atoms with Crippen LogP contribution >= 0.6 is 0 Å². The molecule has 0 fully saturated rings. The molecule has 0 bridgehead atoms. The van der Waals surface area contributed by atoms with Gasteiger partial charge in [-0.15, -0.1) is 0 Å². The van der Waals surface area contributed by atoms with E-state index < -0.39 is 17.7 Å². The summed E-state index contributed by atoms with van der Waals surface area (Å²) in [5, 5.41) is 2.49. The lowest BCUT2D eigenvalue weighted by Gasteiger charge is -2.01. The molecule has 0 saturated carbocycles. The van der Waals surface area contributed by atoms with Gasteiger partial charge in [-0.1, -0.05) is 0 Å². The largest absolute Gasteiger partial charge is 0.309 e. The minimum Gasteiger partial charge on any atom is -0.309 e. The Kier molecular flexibility index (Phi) is 2.22. The molecule has 1 unspecified atom stereocenters. The monoisotopic (exact) mass is 210 g/mol. The van der Waals surface area contributed by atoms with Crippen LogP contribution in [-0.2, 0) is 4.79 Å². The lowest BCUT2D eigenvalue weighted by Crippen LogP contribution is -2.28. The number of amidine groups is 1. The minimum absolute atomic E-state index is 0.241. The van der Waals surface area contributed by atoms with Crippen LogP contribution < -0.4 is 5.32 Å². The quantitative estimate of drug-likeness (QED) is 0.744. The summed E-state index contributed by atoms with van der Waals surface area (Å²) < 4.78 is 25.5. The van der Waals surface area contributed by atoms with Crippen LogP contribution in [0.15, 0.2) is 23.2 Å². The summed E-state index contributed by atoms with van der Waals surface area (Å²) in [5.74, 6) is -1.83. The lowest BCUT2D eigenvalue weighted by molar-refractivity contribution is -0.119. The van der Waals surface area contributed by atoms with Crippen LogP contribution in [0.25, 0.3) is 0 Å². The molecule has 1 N–H and O–H groups in total. The van der Waals surface area contributed by atoms with E-state index in [0.717, 1.165) is 12.1 Å². The molecule has 1 amide bonds. The zero-order chi connectivity index (χ0) is 11.0. The van der Waals surface area contributed by atoms with E-state index in [4.69, 9.17) is 0 Å². The Morgan fingerprint density at radius 3 is 2.60 bits per heavy atom. The van der Waals surface area contributed by atoms with Gasteiger partial charge in [0.05, 0.1) is 0 Å². The maximum absolute atomic E-state index is 12.9. The number of nitrogens with one attached hydrogen (secondary N) is 1. The fourth-order valence-corrected chi connectivity index (χ4v) is 1.30. The Hall–Kier alpha value is -1.78. The van der Waals surface area contributed by atoms with Crippen molar-refractivity contribution in [2.45, 2.75) is 13.0 Å². The number of benzene rings is 1. The molecule has 1 aromatic carbocycles. The molecule has 1 aromatic rings. The van der Waals surface area contributed by atoms with Gasteiger partial charge in [0, 0.05) is 5.56 Å². The van der Waals surface area contributed by atoms with Crippen molar-refractivity contribution in [3.8, 4) is 0 Å². The zero-order valence-electron chi connectivity index (χ0n) is 7.92. The molecule has 2 rings (SSSR count). The van der Waals surface area contributed by atoms with Crippen LogP contribution in [0.1, 0.15) is 12.5 Å². The van der Waals surface area contributed by atoms with Crippen LogP contribution in [-0.4, -0.2) is 17.8 Å². The smallest absolute Gasteiger partial charge is 0.250 e. The summed E-state index contributed by atoms with van der Waals surface area (Å²) in [6.07, 6.45) is 0. The summed E-state index contributed by atoms with van der Waals surface area (Å²) in [7, 11) is 0. The minimum atomic E-state index is -0.955. The number of nitrogens with zero attached hydrogens (tertiary/aromatic N) is 1.